The molecule has 1 heterocycles. The number of anilines is 2. The van der Waals surface area contributed by atoms with Crippen molar-refractivity contribution < 1.29 is 0 Å². The van der Waals surface area contributed by atoms with E-state index in [0.29, 0.717) is 5.92 Å². The molecule has 0 radical (unpaired) electrons. The fraction of sp³-hybridized carbons (Fsp3) is 0.294. The molecule has 2 aromatic rings. The van der Waals surface area contributed by atoms with Crippen molar-refractivity contribution in [1.29, 1.82) is 0 Å². The van der Waals surface area contributed by atoms with E-state index in [0.717, 1.165) is 0 Å². The first-order chi connectivity index (χ1) is 8.90. The Kier molecular flexibility index (Phi) is 3.06. The third-order valence-corrected chi connectivity index (χ3v) is 3.79. The van der Waals surface area contributed by atoms with E-state index in [1.165, 1.54) is 41.8 Å². The SMILES string of the molecule is CCCCC1c2ccccc2Nc2ccccc21. The molecular formula is C17H19N. The Labute approximate surface area is 109 Å². The van der Waals surface area contributed by atoms with E-state index in [-0.39, 0.29) is 0 Å². The van der Waals surface area contributed by atoms with Gasteiger partial charge >= 0.3 is 0 Å². The van der Waals surface area contributed by atoms with Crippen molar-refractivity contribution in [3.63, 3.8) is 0 Å². The monoisotopic (exact) mass is 237 g/mol. The van der Waals surface area contributed by atoms with Crippen LogP contribution in [0.25, 0.3) is 0 Å². The molecule has 1 N–H and O–H groups in total. The molecule has 0 aromatic heterocycles. The highest BCUT2D eigenvalue weighted by molar-refractivity contribution is 5.73. The molecule has 0 atom stereocenters. The molecule has 0 spiro atoms. The minimum Gasteiger partial charge on any atom is -0.355 e. The van der Waals surface area contributed by atoms with E-state index in [1.54, 1.807) is 0 Å². The van der Waals surface area contributed by atoms with Crippen molar-refractivity contribution in [2.75, 3.05) is 5.32 Å². The lowest BCUT2D eigenvalue weighted by Gasteiger charge is -2.29. The van der Waals surface area contributed by atoms with Gasteiger partial charge in [0.1, 0.15) is 0 Å². The van der Waals surface area contributed by atoms with Gasteiger partial charge in [0.2, 0.25) is 0 Å². The summed E-state index contributed by atoms with van der Waals surface area (Å²) in [7, 11) is 0. The zero-order valence-corrected chi connectivity index (χ0v) is 10.8. The van der Waals surface area contributed by atoms with Gasteiger partial charge in [-0.2, -0.15) is 0 Å². The third-order valence-electron chi connectivity index (χ3n) is 3.79. The summed E-state index contributed by atoms with van der Waals surface area (Å²) in [5.41, 5.74) is 5.45. The predicted molar refractivity (Wildman–Crippen MR) is 77.5 cm³/mol. The van der Waals surface area contributed by atoms with Crippen molar-refractivity contribution in [3.8, 4) is 0 Å². The third kappa shape index (κ3) is 1.90. The fourth-order valence-electron chi connectivity index (χ4n) is 2.86. The van der Waals surface area contributed by atoms with Crippen molar-refractivity contribution in [1.82, 2.24) is 0 Å². The van der Waals surface area contributed by atoms with Crippen LogP contribution in [-0.2, 0) is 0 Å². The quantitative estimate of drug-likeness (QED) is 0.786. The highest BCUT2D eigenvalue weighted by Crippen LogP contribution is 2.43. The Morgan fingerprint density at radius 2 is 1.44 bits per heavy atom. The Morgan fingerprint density at radius 1 is 0.889 bits per heavy atom. The highest BCUT2D eigenvalue weighted by Gasteiger charge is 2.23. The molecule has 0 bridgehead atoms. The molecule has 2 aromatic carbocycles. The molecule has 1 nitrogen and oxygen atoms in total. The van der Waals surface area contributed by atoms with E-state index in [1.807, 2.05) is 0 Å². The molecule has 18 heavy (non-hydrogen) atoms. The van der Waals surface area contributed by atoms with Gasteiger partial charge in [0, 0.05) is 17.3 Å². The number of para-hydroxylation sites is 2. The second-order valence-corrected chi connectivity index (χ2v) is 4.99. The van der Waals surface area contributed by atoms with Gasteiger partial charge in [0.05, 0.1) is 0 Å². The summed E-state index contributed by atoms with van der Waals surface area (Å²) < 4.78 is 0. The Bertz CT molecular complexity index is 499. The van der Waals surface area contributed by atoms with E-state index in [2.05, 4.69) is 60.8 Å². The molecule has 92 valence electrons. The Hall–Kier alpha value is -1.76. The molecule has 0 unspecified atom stereocenters. The molecule has 0 saturated heterocycles. The Morgan fingerprint density at radius 3 is 2.00 bits per heavy atom. The van der Waals surface area contributed by atoms with E-state index in [4.69, 9.17) is 0 Å². The van der Waals surface area contributed by atoms with Crippen LogP contribution in [0.5, 0.6) is 0 Å². The van der Waals surface area contributed by atoms with E-state index < -0.39 is 0 Å². The van der Waals surface area contributed by atoms with Gasteiger partial charge in [-0.15, -0.1) is 0 Å². The molecule has 0 amide bonds. The molecule has 1 heteroatoms. The van der Waals surface area contributed by atoms with E-state index in [9.17, 15) is 0 Å². The lowest BCUT2D eigenvalue weighted by atomic mass is 9.83. The first-order valence-electron chi connectivity index (χ1n) is 6.85. The number of nitrogens with one attached hydrogen (secondary N) is 1. The summed E-state index contributed by atoms with van der Waals surface area (Å²) in [6, 6.07) is 17.4. The lowest BCUT2D eigenvalue weighted by molar-refractivity contribution is 0.649. The minimum absolute atomic E-state index is 0.554. The number of fused-ring (bicyclic) bond motifs is 2. The zero-order valence-electron chi connectivity index (χ0n) is 10.8. The minimum atomic E-state index is 0.554. The average Bonchev–Trinajstić information content (AvgIpc) is 2.43. The predicted octanol–water partition coefficient (Wildman–Crippen LogP) is 5.07. The van der Waals surface area contributed by atoms with Crippen LogP contribution >= 0.6 is 0 Å². The van der Waals surface area contributed by atoms with Crippen LogP contribution in [0.1, 0.15) is 43.2 Å². The summed E-state index contributed by atoms with van der Waals surface area (Å²) in [5.74, 6) is 0.554. The van der Waals surface area contributed by atoms with Gasteiger partial charge in [-0.3, -0.25) is 0 Å². The molecule has 0 fully saturated rings. The van der Waals surface area contributed by atoms with Gasteiger partial charge in [-0.25, -0.2) is 0 Å². The number of rotatable bonds is 3. The standard InChI is InChI=1S/C17H19N/c1-2-3-8-13-14-9-4-6-11-16(14)18-17-12-7-5-10-15(13)17/h4-7,9-13,18H,2-3,8H2,1H3. The maximum absolute atomic E-state index is 3.55. The van der Waals surface area contributed by atoms with Crippen LogP contribution in [0.2, 0.25) is 0 Å². The first kappa shape index (κ1) is 11.3. The van der Waals surface area contributed by atoms with Crippen LogP contribution in [0.3, 0.4) is 0 Å². The largest absolute Gasteiger partial charge is 0.355 e. The zero-order chi connectivity index (χ0) is 12.4. The average molecular weight is 237 g/mol. The summed E-state index contributed by atoms with van der Waals surface area (Å²) in [6.45, 7) is 2.26. The normalized spacial score (nSPS) is 13.6. The van der Waals surface area contributed by atoms with E-state index >= 15 is 0 Å². The van der Waals surface area contributed by atoms with Crippen LogP contribution in [-0.4, -0.2) is 0 Å². The number of benzene rings is 2. The van der Waals surface area contributed by atoms with Crippen LogP contribution in [0.4, 0.5) is 11.4 Å². The van der Waals surface area contributed by atoms with Crippen LogP contribution in [0.15, 0.2) is 48.5 Å². The van der Waals surface area contributed by atoms with Gasteiger partial charge < -0.3 is 5.32 Å². The Balaban J connectivity index is 2.05. The maximum atomic E-state index is 3.55. The van der Waals surface area contributed by atoms with Gasteiger partial charge in [-0.05, 0) is 29.7 Å². The number of unbranched alkanes of at least 4 members (excludes halogenated alkanes) is 1. The molecule has 1 aliphatic heterocycles. The number of hydrogen-bond donors (Lipinski definition) is 1. The van der Waals surface area contributed by atoms with Gasteiger partial charge in [0.25, 0.3) is 0 Å². The summed E-state index contributed by atoms with van der Waals surface area (Å²) >= 11 is 0. The molecule has 0 saturated carbocycles. The van der Waals surface area contributed by atoms with Gasteiger partial charge in [0.15, 0.2) is 0 Å². The number of hydrogen-bond acceptors (Lipinski definition) is 1. The molecule has 3 rings (SSSR count). The molecular weight excluding hydrogens is 218 g/mol. The topological polar surface area (TPSA) is 12.0 Å². The van der Waals surface area contributed by atoms with Crippen LogP contribution in [0, 0.1) is 0 Å². The molecule has 0 aliphatic carbocycles. The second-order valence-electron chi connectivity index (χ2n) is 4.99. The lowest BCUT2D eigenvalue weighted by Crippen LogP contribution is -2.12. The second kappa shape index (κ2) is 4.85. The summed E-state index contributed by atoms with van der Waals surface area (Å²) in [4.78, 5) is 0. The maximum Gasteiger partial charge on any atom is 0.0423 e. The van der Waals surface area contributed by atoms with Crippen LogP contribution < -0.4 is 5.32 Å². The first-order valence-corrected chi connectivity index (χ1v) is 6.85. The van der Waals surface area contributed by atoms with Crippen molar-refractivity contribution >= 4 is 11.4 Å². The van der Waals surface area contributed by atoms with Crippen molar-refractivity contribution in [3.05, 3.63) is 59.7 Å². The van der Waals surface area contributed by atoms with Crippen molar-refractivity contribution in [2.24, 2.45) is 0 Å². The van der Waals surface area contributed by atoms with Crippen molar-refractivity contribution in [2.45, 2.75) is 32.1 Å². The summed E-state index contributed by atoms with van der Waals surface area (Å²) in [5, 5.41) is 3.55. The fourth-order valence-corrected chi connectivity index (χ4v) is 2.86. The smallest absolute Gasteiger partial charge is 0.0423 e. The molecule has 1 aliphatic rings. The van der Waals surface area contributed by atoms with Gasteiger partial charge in [-0.1, -0.05) is 56.2 Å². The summed E-state index contributed by atoms with van der Waals surface area (Å²) in [6.07, 6.45) is 3.79. The highest BCUT2D eigenvalue weighted by atomic mass is 14.9.